The van der Waals surface area contributed by atoms with Gasteiger partial charge in [-0.1, -0.05) is 39.0 Å². The van der Waals surface area contributed by atoms with Gasteiger partial charge in [-0.15, -0.1) is 0 Å². The minimum Gasteiger partial charge on any atom is -0.408 e. The Hall–Kier alpha value is -2.70. The molecule has 1 fully saturated rings. The summed E-state index contributed by atoms with van der Waals surface area (Å²) in [4.78, 5) is 25.8. The highest BCUT2D eigenvalue weighted by Gasteiger charge is 2.52. The lowest BCUT2D eigenvalue weighted by molar-refractivity contribution is -0.0789. The second-order valence-electron chi connectivity index (χ2n) is 10.6. The third-order valence-corrected chi connectivity index (χ3v) is 11.6. The lowest BCUT2D eigenvalue weighted by Gasteiger charge is -2.40. The highest BCUT2D eigenvalue weighted by Crippen LogP contribution is 2.43. The Morgan fingerprint density at radius 2 is 1.86 bits per heavy atom. The van der Waals surface area contributed by atoms with Gasteiger partial charge in [-0.25, -0.2) is 15.0 Å². The quantitative estimate of drug-likeness (QED) is 0.458. The van der Waals surface area contributed by atoms with E-state index < -0.39 is 39.0 Å². The maximum Gasteiger partial charge on any atom is 0.256 e. The number of fused-ring (bicyclic) bond motifs is 1. The zero-order valence-electron chi connectivity index (χ0n) is 21.8. The summed E-state index contributed by atoms with van der Waals surface area (Å²) in [6, 6.07) is 8.88. The molecular formula is C25H35N5O5Si. The molecule has 0 saturated carbocycles. The molecule has 2 N–H and O–H groups in total. The molecule has 3 aromatic rings. The molecule has 11 heteroatoms. The lowest BCUT2D eigenvalue weighted by atomic mass is 10.1. The van der Waals surface area contributed by atoms with Crippen molar-refractivity contribution in [3.8, 4) is 0 Å². The molecule has 1 aliphatic rings. The van der Waals surface area contributed by atoms with E-state index in [-0.39, 0.29) is 10.9 Å². The van der Waals surface area contributed by atoms with E-state index in [2.05, 4.69) is 54.1 Å². The number of imidazole rings is 1. The highest BCUT2D eigenvalue weighted by atomic mass is 28.4. The molecule has 194 valence electrons. The van der Waals surface area contributed by atoms with Gasteiger partial charge in [0.2, 0.25) is 0 Å². The number of amides is 1. The van der Waals surface area contributed by atoms with Crippen LogP contribution in [0.3, 0.4) is 0 Å². The van der Waals surface area contributed by atoms with E-state index >= 15 is 0 Å². The van der Waals surface area contributed by atoms with Crippen molar-refractivity contribution in [3.63, 3.8) is 0 Å². The number of benzene rings is 1. The Morgan fingerprint density at radius 1 is 1.17 bits per heavy atom. The highest BCUT2D eigenvalue weighted by molar-refractivity contribution is 6.74. The molecule has 1 aromatic carbocycles. The summed E-state index contributed by atoms with van der Waals surface area (Å²) in [5.41, 5.74) is 1.40. The Kier molecular flexibility index (Phi) is 7.31. The van der Waals surface area contributed by atoms with Crippen molar-refractivity contribution in [1.29, 1.82) is 0 Å². The molecular weight excluding hydrogens is 478 g/mol. The first-order chi connectivity index (χ1) is 16.9. The van der Waals surface area contributed by atoms with Crippen LogP contribution in [0.4, 0.5) is 5.82 Å². The number of rotatable bonds is 7. The van der Waals surface area contributed by atoms with Gasteiger partial charge in [0.25, 0.3) is 5.91 Å². The number of anilines is 1. The molecule has 10 nitrogen and oxygen atoms in total. The number of hydrogen-bond acceptors (Lipinski definition) is 8. The van der Waals surface area contributed by atoms with Crippen LogP contribution >= 0.6 is 0 Å². The molecule has 0 spiro atoms. The standard InChI is InChI=1S/C25H35N5O5Si/c1-15(31)18-19(35-36(6,7)25(2,3)4)20(33-5)24(34-18)30-14-28-17-21(26-13-27-22(17)30)29-23(32)16-11-9-8-10-12-16/h8-15,18-20,24,31H,1-7H3,(H,26,27,29,32)/t15-,18+,19+,20+,24+/m0/s1. The molecule has 0 bridgehead atoms. The third-order valence-electron chi connectivity index (χ3n) is 7.11. The maximum atomic E-state index is 12.7. The van der Waals surface area contributed by atoms with Crippen molar-refractivity contribution >= 4 is 31.2 Å². The van der Waals surface area contributed by atoms with Crippen molar-refractivity contribution in [1.82, 2.24) is 19.5 Å². The van der Waals surface area contributed by atoms with Crippen LogP contribution in [-0.2, 0) is 13.9 Å². The van der Waals surface area contributed by atoms with Crippen molar-refractivity contribution < 1.29 is 23.8 Å². The maximum absolute atomic E-state index is 12.7. The average molecular weight is 514 g/mol. The van der Waals surface area contributed by atoms with E-state index in [9.17, 15) is 9.90 Å². The second-order valence-corrected chi connectivity index (χ2v) is 15.4. The fourth-order valence-electron chi connectivity index (χ4n) is 4.08. The number of hydrogen-bond donors (Lipinski definition) is 2. The van der Waals surface area contributed by atoms with Gasteiger partial charge in [0, 0.05) is 12.7 Å². The molecule has 5 atom stereocenters. The number of ether oxygens (including phenoxy) is 2. The molecule has 0 unspecified atom stereocenters. The molecule has 0 radical (unpaired) electrons. The summed E-state index contributed by atoms with van der Waals surface area (Å²) in [7, 11) is -0.608. The van der Waals surface area contributed by atoms with Crippen molar-refractivity contribution in [2.75, 3.05) is 12.4 Å². The summed E-state index contributed by atoms with van der Waals surface area (Å²) >= 11 is 0. The number of aliphatic hydroxyl groups is 1. The molecule has 1 saturated heterocycles. The summed E-state index contributed by atoms with van der Waals surface area (Å²) in [6.45, 7) is 12.5. The third kappa shape index (κ3) is 4.93. The predicted octanol–water partition coefficient (Wildman–Crippen LogP) is 3.76. The molecule has 3 heterocycles. The van der Waals surface area contributed by atoms with Crippen LogP contribution in [0, 0.1) is 0 Å². The summed E-state index contributed by atoms with van der Waals surface area (Å²) in [5, 5.41) is 13.4. The van der Waals surface area contributed by atoms with Crippen LogP contribution in [0.2, 0.25) is 18.1 Å². The van der Waals surface area contributed by atoms with E-state index in [0.717, 1.165) is 0 Å². The monoisotopic (exact) mass is 513 g/mol. The van der Waals surface area contributed by atoms with Crippen molar-refractivity contribution in [3.05, 3.63) is 48.5 Å². The number of aliphatic hydroxyl groups excluding tert-OH is 1. The van der Waals surface area contributed by atoms with Crippen molar-refractivity contribution in [2.45, 2.75) is 76.5 Å². The van der Waals surface area contributed by atoms with Crippen LogP contribution in [0.25, 0.3) is 11.2 Å². The fourth-order valence-corrected chi connectivity index (χ4v) is 5.38. The summed E-state index contributed by atoms with van der Waals surface area (Å²) < 4.78 is 20.7. The Bertz CT molecular complexity index is 1210. The minimum absolute atomic E-state index is 0.0343. The van der Waals surface area contributed by atoms with E-state index in [0.29, 0.717) is 22.5 Å². The zero-order valence-corrected chi connectivity index (χ0v) is 22.8. The fraction of sp³-hybridized carbons (Fsp3) is 0.520. The molecule has 0 aliphatic carbocycles. The van der Waals surface area contributed by atoms with Gasteiger partial charge >= 0.3 is 0 Å². The molecule has 36 heavy (non-hydrogen) atoms. The van der Waals surface area contributed by atoms with Crippen LogP contribution < -0.4 is 5.32 Å². The first kappa shape index (κ1) is 26.4. The van der Waals surface area contributed by atoms with E-state index in [1.807, 2.05) is 6.07 Å². The van der Waals surface area contributed by atoms with Gasteiger partial charge in [0.1, 0.15) is 24.6 Å². The number of nitrogens with zero attached hydrogens (tertiary/aromatic N) is 4. The minimum atomic E-state index is -2.21. The van der Waals surface area contributed by atoms with E-state index in [1.54, 1.807) is 49.2 Å². The Morgan fingerprint density at radius 3 is 2.47 bits per heavy atom. The van der Waals surface area contributed by atoms with Gasteiger partial charge in [-0.2, -0.15) is 0 Å². The molecule has 1 aliphatic heterocycles. The normalized spacial score (nSPS) is 23.7. The smallest absolute Gasteiger partial charge is 0.256 e. The van der Waals surface area contributed by atoms with Crippen LogP contribution in [0.5, 0.6) is 0 Å². The van der Waals surface area contributed by atoms with Crippen molar-refractivity contribution in [2.24, 2.45) is 0 Å². The van der Waals surface area contributed by atoms with Gasteiger partial charge in [-0.3, -0.25) is 9.36 Å². The molecule has 2 aromatic heterocycles. The molecule has 1 amide bonds. The van der Waals surface area contributed by atoms with Gasteiger partial charge < -0.3 is 24.3 Å². The number of carbonyl (C=O) groups excluding carboxylic acids is 1. The van der Waals surface area contributed by atoms with E-state index in [4.69, 9.17) is 13.9 Å². The molecule has 4 rings (SSSR count). The van der Waals surface area contributed by atoms with Crippen LogP contribution in [0.1, 0.15) is 44.3 Å². The predicted molar refractivity (Wildman–Crippen MR) is 138 cm³/mol. The largest absolute Gasteiger partial charge is 0.408 e. The van der Waals surface area contributed by atoms with Gasteiger partial charge in [0.15, 0.2) is 31.5 Å². The SMILES string of the molecule is CO[C@@H]1[C@H](O[Si](C)(C)C(C)(C)C)[C@@H]([C@H](C)O)O[C@H]1n1cnc2c(NC(=O)c3ccccc3)ncnc21. The second kappa shape index (κ2) is 9.98. The zero-order chi connectivity index (χ0) is 26.3. The number of nitrogens with one attached hydrogen (secondary N) is 1. The Labute approximate surface area is 212 Å². The lowest BCUT2D eigenvalue weighted by Crippen LogP contribution is -2.51. The number of aromatic nitrogens is 4. The topological polar surface area (TPSA) is 121 Å². The summed E-state index contributed by atoms with van der Waals surface area (Å²) in [5.74, 6) is -0.00486. The number of methoxy groups -OCH3 is 1. The van der Waals surface area contributed by atoms with Gasteiger partial charge in [-0.05, 0) is 37.2 Å². The Balaban J connectivity index is 1.67. The van der Waals surface area contributed by atoms with Gasteiger partial charge in [0.05, 0.1) is 12.4 Å². The number of carbonyl (C=O) groups is 1. The van der Waals surface area contributed by atoms with E-state index in [1.165, 1.54) is 6.33 Å². The summed E-state index contributed by atoms with van der Waals surface area (Å²) in [6.07, 6.45) is -0.0960. The van der Waals surface area contributed by atoms with Crippen LogP contribution in [-0.4, -0.2) is 70.4 Å². The average Bonchev–Trinajstić information content (AvgIpc) is 3.40. The van der Waals surface area contributed by atoms with Crippen LogP contribution in [0.15, 0.2) is 43.0 Å². The first-order valence-electron chi connectivity index (χ1n) is 12.0. The first-order valence-corrected chi connectivity index (χ1v) is 14.9.